The molecule has 0 aromatic rings. The molecule has 1 saturated heterocycles. The van der Waals surface area contributed by atoms with E-state index in [2.05, 4.69) is 15.8 Å². The average Bonchev–Trinajstić information content (AvgIpc) is 2.28. The maximum absolute atomic E-state index is 4.30. The molecule has 0 amide bonds. The van der Waals surface area contributed by atoms with Crippen LogP contribution in [0, 0.1) is 0 Å². The molecule has 2 aliphatic heterocycles. The molecular formula is C7H11N3. The van der Waals surface area contributed by atoms with Crippen LogP contribution in [0.3, 0.4) is 0 Å². The Kier molecular flexibility index (Phi) is 1.43. The lowest BCUT2D eigenvalue weighted by atomic mass is 10.1. The summed E-state index contributed by atoms with van der Waals surface area (Å²) in [7, 11) is 0. The van der Waals surface area contributed by atoms with Crippen LogP contribution in [-0.4, -0.2) is 18.8 Å². The minimum Gasteiger partial charge on any atom is -0.323 e. The lowest BCUT2D eigenvalue weighted by Gasteiger charge is -2.08. The zero-order valence-electron chi connectivity index (χ0n) is 5.80. The highest BCUT2D eigenvalue weighted by Gasteiger charge is 2.17. The van der Waals surface area contributed by atoms with E-state index in [0.717, 1.165) is 6.54 Å². The highest BCUT2D eigenvalue weighted by molar-refractivity contribution is 5.75. The second-order valence-electron chi connectivity index (χ2n) is 2.63. The van der Waals surface area contributed by atoms with Gasteiger partial charge in [-0.1, -0.05) is 0 Å². The Morgan fingerprint density at radius 2 is 2.60 bits per heavy atom. The number of hydrazine groups is 1. The van der Waals surface area contributed by atoms with Gasteiger partial charge in [0.05, 0.1) is 11.7 Å². The van der Waals surface area contributed by atoms with E-state index in [1.165, 1.54) is 18.5 Å². The normalized spacial score (nSPS) is 30.4. The van der Waals surface area contributed by atoms with E-state index in [-0.39, 0.29) is 0 Å². The van der Waals surface area contributed by atoms with Crippen LogP contribution < -0.4 is 10.9 Å². The number of hydrogen-bond donors (Lipinski definition) is 2. The molecule has 1 fully saturated rings. The van der Waals surface area contributed by atoms with Gasteiger partial charge in [0.1, 0.15) is 0 Å². The van der Waals surface area contributed by atoms with Crippen LogP contribution in [0.15, 0.2) is 16.8 Å². The first-order valence-corrected chi connectivity index (χ1v) is 3.69. The van der Waals surface area contributed by atoms with Crippen molar-refractivity contribution in [2.24, 2.45) is 4.99 Å². The van der Waals surface area contributed by atoms with E-state index in [4.69, 9.17) is 0 Å². The average molecular weight is 137 g/mol. The minimum atomic E-state index is 0.412. The van der Waals surface area contributed by atoms with Crippen molar-refractivity contribution in [2.75, 3.05) is 6.54 Å². The summed E-state index contributed by atoms with van der Waals surface area (Å²) in [5.74, 6) is 0. The molecule has 2 heterocycles. The van der Waals surface area contributed by atoms with E-state index >= 15 is 0 Å². The zero-order valence-corrected chi connectivity index (χ0v) is 5.80. The summed E-state index contributed by atoms with van der Waals surface area (Å²) in [6.45, 7) is 1.04. The smallest absolute Gasteiger partial charge is 0.0908 e. The molecule has 2 aliphatic rings. The molecule has 10 heavy (non-hydrogen) atoms. The van der Waals surface area contributed by atoms with Gasteiger partial charge in [0.2, 0.25) is 0 Å². The van der Waals surface area contributed by atoms with Crippen molar-refractivity contribution >= 4 is 6.21 Å². The molecule has 54 valence electrons. The summed E-state index contributed by atoms with van der Waals surface area (Å²) in [6.07, 6.45) is 6.28. The molecule has 0 radical (unpaired) electrons. The van der Waals surface area contributed by atoms with Crippen molar-refractivity contribution < 1.29 is 0 Å². The Balaban J connectivity index is 2.11. The molecule has 0 aliphatic carbocycles. The second kappa shape index (κ2) is 2.42. The molecular weight excluding hydrogens is 126 g/mol. The summed E-state index contributed by atoms with van der Waals surface area (Å²) < 4.78 is 0. The molecule has 1 unspecified atom stereocenters. The van der Waals surface area contributed by atoms with Gasteiger partial charge in [-0.15, -0.1) is 0 Å². The monoisotopic (exact) mass is 137 g/mol. The number of rotatable bonds is 0. The third kappa shape index (κ3) is 0.926. The van der Waals surface area contributed by atoms with Crippen molar-refractivity contribution in [1.29, 1.82) is 0 Å². The van der Waals surface area contributed by atoms with Crippen LogP contribution in [0.2, 0.25) is 0 Å². The molecule has 2 rings (SSSR count). The van der Waals surface area contributed by atoms with Gasteiger partial charge in [-0.05, 0) is 18.9 Å². The van der Waals surface area contributed by atoms with Crippen LogP contribution in [0.4, 0.5) is 0 Å². The van der Waals surface area contributed by atoms with Gasteiger partial charge in [0.15, 0.2) is 0 Å². The largest absolute Gasteiger partial charge is 0.323 e. The third-order valence-corrected chi connectivity index (χ3v) is 1.89. The molecule has 1 atom stereocenters. The fourth-order valence-corrected chi connectivity index (χ4v) is 1.32. The van der Waals surface area contributed by atoms with Gasteiger partial charge in [-0.2, -0.15) is 0 Å². The number of nitrogens with one attached hydrogen (secondary N) is 2. The molecule has 2 N–H and O–H groups in total. The predicted octanol–water partition coefficient (Wildman–Crippen LogP) is 0.211. The quantitative estimate of drug-likeness (QED) is 0.501. The summed E-state index contributed by atoms with van der Waals surface area (Å²) >= 11 is 0. The standard InChI is InChI=1S/C7H11N3/c1-2-6-7(3-5-8-6)10-9-4-1/h3,5-6,9-10H,1-2,4H2. The molecule has 0 saturated carbocycles. The molecule has 0 bridgehead atoms. The lowest BCUT2D eigenvalue weighted by molar-refractivity contribution is 0.616. The minimum absolute atomic E-state index is 0.412. The van der Waals surface area contributed by atoms with Crippen LogP contribution in [0.5, 0.6) is 0 Å². The number of allylic oxidation sites excluding steroid dienone is 1. The van der Waals surface area contributed by atoms with Gasteiger partial charge in [0.25, 0.3) is 0 Å². The Bertz CT molecular complexity index is 183. The maximum Gasteiger partial charge on any atom is 0.0908 e. The van der Waals surface area contributed by atoms with E-state index in [1.54, 1.807) is 0 Å². The van der Waals surface area contributed by atoms with Crippen molar-refractivity contribution in [3.8, 4) is 0 Å². The fourth-order valence-electron chi connectivity index (χ4n) is 1.32. The summed E-state index contributed by atoms with van der Waals surface area (Å²) in [4.78, 5) is 4.30. The maximum atomic E-state index is 4.30. The predicted molar refractivity (Wildman–Crippen MR) is 40.7 cm³/mol. The number of hydrogen-bond acceptors (Lipinski definition) is 3. The first-order valence-electron chi connectivity index (χ1n) is 3.69. The number of nitrogens with zero attached hydrogens (tertiary/aromatic N) is 1. The molecule has 3 nitrogen and oxygen atoms in total. The third-order valence-electron chi connectivity index (χ3n) is 1.89. The van der Waals surface area contributed by atoms with Crippen molar-refractivity contribution in [2.45, 2.75) is 18.9 Å². The van der Waals surface area contributed by atoms with Crippen molar-refractivity contribution in [3.63, 3.8) is 0 Å². The Labute approximate surface area is 60.2 Å². The summed E-state index contributed by atoms with van der Waals surface area (Å²) in [5, 5.41) is 0. The highest BCUT2D eigenvalue weighted by atomic mass is 15.4. The zero-order chi connectivity index (χ0) is 6.81. The van der Waals surface area contributed by atoms with Crippen LogP contribution in [0.25, 0.3) is 0 Å². The fraction of sp³-hybridized carbons (Fsp3) is 0.571. The van der Waals surface area contributed by atoms with E-state index in [0.29, 0.717) is 6.04 Å². The second-order valence-corrected chi connectivity index (χ2v) is 2.63. The topological polar surface area (TPSA) is 36.4 Å². The van der Waals surface area contributed by atoms with E-state index in [9.17, 15) is 0 Å². The van der Waals surface area contributed by atoms with E-state index < -0.39 is 0 Å². The van der Waals surface area contributed by atoms with Crippen molar-refractivity contribution in [1.82, 2.24) is 10.9 Å². The highest BCUT2D eigenvalue weighted by Crippen LogP contribution is 2.15. The number of fused-ring (bicyclic) bond motifs is 1. The van der Waals surface area contributed by atoms with Gasteiger partial charge in [-0.3, -0.25) is 4.99 Å². The Morgan fingerprint density at radius 1 is 1.60 bits per heavy atom. The molecule has 3 heteroatoms. The van der Waals surface area contributed by atoms with Gasteiger partial charge < -0.3 is 5.43 Å². The Hall–Kier alpha value is -0.830. The van der Waals surface area contributed by atoms with Crippen LogP contribution >= 0.6 is 0 Å². The van der Waals surface area contributed by atoms with Gasteiger partial charge in [-0.25, -0.2) is 5.43 Å². The molecule has 0 aromatic heterocycles. The van der Waals surface area contributed by atoms with Gasteiger partial charge >= 0.3 is 0 Å². The van der Waals surface area contributed by atoms with Gasteiger partial charge in [0, 0.05) is 12.8 Å². The Morgan fingerprint density at radius 3 is 3.60 bits per heavy atom. The first-order chi connectivity index (χ1) is 4.97. The molecule has 0 spiro atoms. The van der Waals surface area contributed by atoms with Crippen molar-refractivity contribution in [3.05, 3.63) is 11.8 Å². The number of aliphatic imine (C=N–C) groups is 1. The van der Waals surface area contributed by atoms with E-state index in [1.807, 2.05) is 12.3 Å². The van der Waals surface area contributed by atoms with Crippen LogP contribution in [-0.2, 0) is 0 Å². The summed E-state index contributed by atoms with van der Waals surface area (Å²) in [6, 6.07) is 0.412. The lowest BCUT2D eigenvalue weighted by Crippen LogP contribution is -2.31. The summed E-state index contributed by atoms with van der Waals surface area (Å²) in [5.41, 5.74) is 7.47. The van der Waals surface area contributed by atoms with Crippen LogP contribution in [0.1, 0.15) is 12.8 Å². The molecule has 0 aromatic carbocycles. The first kappa shape index (κ1) is 5.92. The SMILES string of the molecule is C1=NC2CCCNNC2=C1.